The third-order valence-electron chi connectivity index (χ3n) is 4.05. The van der Waals surface area contributed by atoms with Gasteiger partial charge in [0.25, 0.3) is 0 Å². The molecule has 3 N–H and O–H groups in total. The van der Waals surface area contributed by atoms with Gasteiger partial charge in [-0.25, -0.2) is 4.39 Å². The number of aliphatic imine (C=N–C) groups is 1. The zero-order valence-corrected chi connectivity index (χ0v) is 15.3. The van der Waals surface area contributed by atoms with Gasteiger partial charge in [0.2, 0.25) is 0 Å². The zero-order chi connectivity index (χ0) is 17.6. The Morgan fingerprint density at radius 3 is 3.00 bits per heavy atom. The molecule has 0 bridgehead atoms. The van der Waals surface area contributed by atoms with Crippen molar-refractivity contribution < 1.29 is 4.39 Å². The topological polar surface area (TPSA) is 52.2 Å². The summed E-state index contributed by atoms with van der Waals surface area (Å²) in [4.78, 5) is 9.12. The second-order valence-electron chi connectivity index (χ2n) is 5.90. The number of hydrogen-bond donors (Lipinski definition) is 3. The highest BCUT2D eigenvalue weighted by Gasteiger charge is 2.09. The highest BCUT2D eigenvalue weighted by atomic mass is 32.1. The minimum atomic E-state index is -0.211. The lowest BCUT2D eigenvalue weighted by atomic mass is 10.1. The Kier molecular flexibility index (Phi) is 5.71. The lowest BCUT2D eigenvalue weighted by Crippen LogP contribution is -2.38. The molecule has 4 nitrogen and oxygen atoms in total. The normalized spacial score (nSPS) is 13.2. The van der Waals surface area contributed by atoms with Crippen molar-refractivity contribution in [1.29, 1.82) is 0 Å². The molecule has 0 saturated carbocycles. The first kappa shape index (κ1) is 17.5. The van der Waals surface area contributed by atoms with Crippen molar-refractivity contribution in [3.8, 4) is 0 Å². The number of benzene rings is 1. The first-order valence-corrected chi connectivity index (χ1v) is 9.39. The van der Waals surface area contributed by atoms with Crippen LogP contribution in [0.2, 0.25) is 0 Å². The summed E-state index contributed by atoms with van der Waals surface area (Å²) in [5.41, 5.74) is 2.04. The average Bonchev–Trinajstić information content (AvgIpc) is 3.25. The maximum Gasteiger partial charge on any atom is 0.191 e. The second kappa shape index (κ2) is 8.16. The van der Waals surface area contributed by atoms with E-state index in [4.69, 9.17) is 0 Å². The maximum atomic E-state index is 13.5. The number of H-pyrrole nitrogens is 1. The molecule has 0 fully saturated rings. The molecule has 0 aliphatic heterocycles. The van der Waals surface area contributed by atoms with Gasteiger partial charge in [-0.1, -0.05) is 6.07 Å². The third kappa shape index (κ3) is 4.39. The van der Waals surface area contributed by atoms with Crippen LogP contribution in [0.15, 0.2) is 46.9 Å². The monoisotopic (exact) mass is 358 g/mol. The molecule has 132 valence electrons. The van der Waals surface area contributed by atoms with Gasteiger partial charge in [0.15, 0.2) is 5.96 Å². The smallest absolute Gasteiger partial charge is 0.191 e. The Labute approximate surface area is 151 Å². The van der Waals surface area contributed by atoms with Gasteiger partial charge in [0, 0.05) is 35.1 Å². The molecule has 1 unspecified atom stereocenters. The lowest BCUT2D eigenvalue weighted by Gasteiger charge is -2.16. The van der Waals surface area contributed by atoms with E-state index in [-0.39, 0.29) is 11.9 Å². The number of thiophene rings is 1. The predicted octanol–water partition coefficient (Wildman–Crippen LogP) is 4.23. The molecule has 1 aromatic carbocycles. The Hall–Kier alpha value is -2.34. The fourth-order valence-corrected chi connectivity index (χ4v) is 3.51. The fraction of sp³-hybridized carbons (Fsp3) is 0.316. The molecule has 25 heavy (non-hydrogen) atoms. The molecule has 0 spiro atoms. The summed E-state index contributed by atoms with van der Waals surface area (Å²) in [6.45, 7) is 5.62. The quantitative estimate of drug-likeness (QED) is 0.456. The number of hydrogen-bond acceptors (Lipinski definition) is 2. The van der Waals surface area contributed by atoms with Gasteiger partial charge in [-0.3, -0.25) is 4.99 Å². The Balaban J connectivity index is 1.65. The summed E-state index contributed by atoms with van der Waals surface area (Å²) in [6.07, 6.45) is 2.70. The van der Waals surface area contributed by atoms with E-state index in [2.05, 4.69) is 52.0 Å². The molecular formula is C19H23FN4S. The summed E-state index contributed by atoms with van der Waals surface area (Å²) < 4.78 is 13.5. The maximum absolute atomic E-state index is 13.5. The van der Waals surface area contributed by atoms with Gasteiger partial charge in [-0.05, 0) is 55.5 Å². The van der Waals surface area contributed by atoms with E-state index in [9.17, 15) is 4.39 Å². The molecule has 3 rings (SSSR count). The first-order valence-electron chi connectivity index (χ1n) is 8.51. The molecule has 0 radical (unpaired) electrons. The molecule has 0 saturated heterocycles. The van der Waals surface area contributed by atoms with Gasteiger partial charge >= 0.3 is 0 Å². The summed E-state index contributed by atoms with van der Waals surface area (Å²) in [5.74, 6) is 0.589. The number of nitrogens with one attached hydrogen (secondary N) is 3. The van der Waals surface area contributed by atoms with Crippen molar-refractivity contribution >= 4 is 28.2 Å². The molecule has 6 heteroatoms. The van der Waals surface area contributed by atoms with E-state index in [1.807, 2.05) is 6.20 Å². The SMILES string of the molecule is CCNC(=NCCc1c[nH]c2ccc(F)cc12)NC(C)c1cccs1. The van der Waals surface area contributed by atoms with E-state index in [0.29, 0.717) is 6.54 Å². The Morgan fingerprint density at radius 2 is 2.24 bits per heavy atom. The van der Waals surface area contributed by atoms with E-state index in [1.165, 1.54) is 10.9 Å². The van der Waals surface area contributed by atoms with Crippen LogP contribution in [0.25, 0.3) is 10.9 Å². The van der Waals surface area contributed by atoms with Crippen LogP contribution >= 0.6 is 11.3 Å². The average molecular weight is 358 g/mol. The van der Waals surface area contributed by atoms with Crippen LogP contribution in [0.4, 0.5) is 4.39 Å². The van der Waals surface area contributed by atoms with Crippen LogP contribution in [-0.2, 0) is 6.42 Å². The van der Waals surface area contributed by atoms with E-state index >= 15 is 0 Å². The van der Waals surface area contributed by atoms with E-state index in [1.54, 1.807) is 23.5 Å². The molecule has 2 aromatic heterocycles. The number of nitrogens with zero attached hydrogens (tertiary/aromatic N) is 1. The Bertz CT molecular complexity index is 838. The van der Waals surface area contributed by atoms with Crippen LogP contribution < -0.4 is 10.6 Å². The largest absolute Gasteiger partial charge is 0.361 e. The van der Waals surface area contributed by atoms with Crippen LogP contribution in [0.5, 0.6) is 0 Å². The fourth-order valence-electron chi connectivity index (χ4n) is 2.78. The number of aromatic amines is 1. The van der Waals surface area contributed by atoms with Gasteiger partial charge in [-0.2, -0.15) is 0 Å². The van der Waals surface area contributed by atoms with E-state index < -0.39 is 0 Å². The lowest BCUT2D eigenvalue weighted by molar-refractivity contribution is 0.629. The van der Waals surface area contributed by atoms with Gasteiger partial charge in [0.05, 0.1) is 6.04 Å². The Morgan fingerprint density at radius 1 is 1.36 bits per heavy atom. The van der Waals surface area contributed by atoms with Crippen molar-refractivity contribution in [2.45, 2.75) is 26.3 Å². The van der Waals surface area contributed by atoms with Crippen LogP contribution in [-0.4, -0.2) is 24.0 Å². The minimum absolute atomic E-state index is 0.208. The van der Waals surface area contributed by atoms with Crippen molar-refractivity contribution in [3.05, 3.63) is 58.2 Å². The number of rotatable bonds is 6. The highest BCUT2D eigenvalue weighted by Crippen LogP contribution is 2.20. The van der Waals surface area contributed by atoms with Crippen molar-refractivity contribution in [2.24, 2.45) is 4.99 Å². The molecule has 0 aliphatic carbocycles. The van der Waals surface area contributed by atoms with Gasteiger partial charge < -0.3 is 15.6 Å². The zero-order valence-electron chi connectivity index (χ0n) is 14.5. The highest BCUT2D eigenvalue weighted by molar-refractivity contribution is 7.10. The van der Waals surface area contributed by atoms with Crippen molar-refractivity contribution in [2.75, 3.05) is 13.1 Å². The summed E-state index contributed by atoms with van der Waals surface area (Å²) in [5, 5.41) is 9.71. The number of guanidine groups is 1. The number of aromatic nitrogens is 1. The molecule has 0 aliphatic rings. The number of fused-ring (bicyclic) bond motifs is 1. The summed E-state index contributed by atoms with van der Waals surface area (Å²) in [7, 11) is 0. The van der Waals surface area contributed by atoms with Crippen molar-refractivity contribution in [3.63, 3.8) is 0 Å². The molecule has 2 heterocycles. The minimum Gasteiger partial charge on any atom is -0.361 e. The third-order valence-corrected chi connectivity index (χ3v) is 5.10. The number of halogens is 1. The predicted molar refractivity (Wildman–Crippen MR) is 104 cm³/mol. The first-order chi connectivity index (χ1) is 12.2. The standard InChI is InChI=1S/C19H23FN4S/c1-3-21-19(24-13(2)18-5-4-10-25-18)22-9-8-14-12-23-17-7-6-15(20)11-16(14)17/h4-7,10-13,23H,3,8-9H2,1-2H3,(H2,21,22,24). The summed E-state index contributed by atoms with van der Waals surface area (Å²) >= 11 is 1.73. The second-order valence-corrected chi connectivity index (χ2v) is 6.88. The van der Waals surface area contributed by atoms with Crippen LogP contribution in [0.3, 0.4) is 0 Å². The van der Waals surface area contributed by atoms with Crippen LogP contribution in [0.1, 0.15) is 30.3 Å². The molecule has 0 amide bonds. The van der Waals surface area contributed by atoms with Gasteiger partial charge in [-0.15, -0.1) is 11.3 Å². The van der Waals surface area contributed by atoms with Crippen molar-refractivity contribution in [1.82, 2.24) is 15.6 Å². The summed E-state index contributed by atoms with van der Waals surface area (Å²) in [6, 6.07) is 9.20. The molecule has 3 aromatic rings. The van der Waals surface area contributed by atoms with E-state index in [0.717, 1.165) is 35.4 Å². The molecule has 1 atom stereocenters. The van der Waals surface area contributed by atoms with Gasteiger partial charge in [0.1, 0.15) is 5.82 Å². The molecular weight excluding hydrogens is 335 g/mol. The van der Waals surface area contributed by atoms with Crippen LogP contribution in [0, 0.1) is 5.82 Å².